The average Bonchev–Trinajstić information content (AvgIpc) is 3.05. The summed E-state index contributed by atoms with van der Waals surface area (Å²) in [6, 6.07) is 9.63. The maximum absolute atomic E-state index is 12.8. The van der Waals surface area contributed by atoms with Crippen molar-refractivity contribution < 1.29 is 22.6 Å². The van der Waals surface area contributed by atoms with Crippen LogP contribution in [0.2, 0.25) is 0 Å². The normalized spacial score (nSPS) is 12.2. The first-order chi connectivity index (χ1) is 13.4. The van der Waals surface area contributed by atoms with E-state index in [0.29, 0.717) is 34.1 Å². The van der Waals surface area contributed by atoms with Crippen molar-refractivity contribution in [2.45, 2.75) is 11.4 Å². The summed E-state index contributed by atoms with van der Waals surface area (Å²) in [5.74, 6) is 1.77. The van der Waals surface area contributed by atoms with Crippen molar-refractivity contribution in [1.29, 1.82) is 0 Å². The fourth-order valence-corrected chi connectivity index (χ4v) is 5.08. The Bertz CT molecular complexity index is 1180. The van der Waals surface area contributed by atoms with Crippen molar-refractivity contribution >= 4 is 31.6 Å². The molecule has 0 unspecified atom stereocenters. The molecular weight excluding hydrogens is 400 g/mol. The maximum atomic E-state index is 12.8. The van der Waals surface area contributed by atoms with E-state index in [-0.39, 0.29) is 4.90 Å². The fraction of sp³-hybridized carbons (Fsp3) is 0.211. The number of aromatic nitrogens is 1. The van der Waals surface area contributed by atoms with Gasteiger partial charge in [0.05, 0.1) is 26.2 Å². The molecule has 0 atom stereocenters. The second-order valence-electron chi connectivity index (χ2n) is 5.67. The smallest absolute Gasteiger partial charge is 0.285 e. The number of benzene rings is 2. The Hall–Kier alpha value is -2.78. The molecule has 0 spiro atoms. The summed E-state index contributed by atoms with van der Waals surface area (Å²) in [4.78, 5) is 0.378. The summed E-state index contributed by atoms with van der Waals surface area (Å²) in [5.41, 5.74) is 0.704. The van der Waals surface area contributed by atoms with Crippen LogP contribution in [-0.4, -0.2) is 34.3 Å². The Kier molecular flexibility index (Phi) is 5.76. The standard InChI is InChI=1S/C19H20N2O5S2/c1-5-12-21-17-15(25-3)10-11-16(26-4)18(17)27-19(21)20-28(22,23)14-8-6-13(24-2)7-9-14/h5-11H,1,12H2,2-4H3. The Morgan fingerprint density at radius 2 is 1.68 bits per heavy atom. The van der Waals surface area contributed by atoms with Gasteiger partial charge in [0.25, 0.3) is 10.0 Å². The molecule has 0 aliphatic carbocycles. The molecule has 9 heteroatoms. The van der Waals surface area contributed by atoms with Gasteiger partial charge in [-0.2, -0.15) is 8.42 Å². The van der Waals surface area contributed by atoms with E-state index in [0.717, 1.165) is 4.70 Å². The first-order valence-electron chi connectivity index (χ1n) is 8.25. The van der Waals surface area contributed by atoms with Gasteiger partial charge in [-0.25, -0.2) is 0 Å². The number of hydrogen-bond donors (Lipinski definition) is 0. The average molecular weight is 421 g/mol. The molecule has 148 valence electrons. The maximum Gasteiger partial charge on any atom is 0.285 e. The predicted molar refractivity (Wildman–Crippen MR) is 109 cm³/mol. The Morgan fingerprint density at radius 3 is 2.25 bits per heavy atom. The highest BCUT2D eigenvalue weighted by Crippen LogP contribution is 2.35. The first kappa shape index (κ1) is 20.0. The summed E-state index contributed by atoms with van der Waals surface area (Å²) >= 11 is 1.21. The van der Waals surface area contributed by atoms with E-state index in [9.17, 15) is 8.42 Å². The second kappa shape index (κ2) is 8.07. The fourth-order valence-electron chi connectivity index (χ4n) is 2.73. The zero-order valence-electron chi connectivity index (χ0n) is 15.7. The molecule has 0 radical (unpaired) electrons. The van der Waals surface area contributed by atoms with Crippen molar-refractivity contribution in [3.8, 4) is 17.2 Å². The van der Waals surface area contributed by atoms with Crippen molar-refractivity contribution in [3.63, 3.8) is 0 Å². The van der Waals surface area contributed by atoms with Crippen LogP contribution in [0.15, 0.2) is 58.3 Å². The number of ether oxygens (including phenoxy) is 3. The van der Waals surface area contributed by atoms with Gasteiger partial charge >= 0.3 is 0 Å². The van der Waals surface area contributed by atoms with Gasteiger partial charge < -0.3 is 18.8 Å². The summed E-state index contributed by atoms with van der Waals surface area (Å²) in [7, 11) is 0.712. The van der Waals surface area contributed by atoms with Crippen LogP contribution in [0.3, 0.4) is 0 Å². The van der Waals surface area contributed by atoms with Gasteiger partial charge in [-0.15, -0.1) is 11.0 Å². The number of allylic oxidation sites excluding steroid dienone is 1. The highest BCUT2D eigenvalue weighted by Gasteiger charge is 2.18. The van der Waals surface area contributed by atoms with Crippen LogP contribution in [0.25, 0.3) is 10.2 Å². The highest BCUT2D eigenvalue weighted by molar-refractivity contribution is 7.90. The molecule has 2 aromatic carbocycles. The molecule has 0 bridgehead atoms. The molecule has 28 heavy (non-hydrogen) atoms. The third-order valence-electron chi connectivity index (χ3n) is 4.06. The third-order valence-corrected chi connectivity index (χ3v) is 6.55. The SMILES string of the molecule is C=CCn1c(=NS(=O)(=O)c2ccc(OC)cc2)sc2c(OC)ccc(OC)c21. The second-order valence-corrected chi connectivity index (χ2v) is 8.26. The summed E-state index contributed by atoms with van der Waals surface area (Å²) in [6.45, 7) is 4.12. The van der Waals surface area contributed by atoms with E-state index < -0.39 is 10.0 Å². The summed E-state index contributed by atoms with van der Waals surface area (Å²) in [6.07, 6.45) is 1.67. The summed E-state index contributed by atoms with van der Waals surface area (Å²) in [5, 5.41) is 0. The van der Waals surface area contributed by atoms with Crippen molar-refractivity contribution in [3.05, 3.63) is 53.9 Å². The van der Waals surface area contributed by atoms with Crippen molar-refractivity contribution in [1.82, 2.24) is 4.57 Å². The minimum absolute atomic E-state index is 0.0786. The zero-order chi connectivity index (χ0) is 20.3. The molecule has 0 saturated carbocycles. The van der Waals surface area contributed by atoms with Crippen molar-refractivity contribution in [2.75, 3.05) is 21.3 Å². The first-order valence-corrected chi connectivity index (χ1v) is 10.5. The van der Waals surface area contributed by atoms with Gasteiger partial charge in [0, 0.05) is 6.54 Å². The predicted octanol–water partition coefficient (Wildman–Crippen LogP) is 3.20. The lowest BCUT2D eigenvalue weighted by Gasteiger charge is -2.08. The molecule has 7 nitrogen and oxygen atoms in total. The largest absolute Gasteiger partial charge is 0.497 e. The molecule has 0 saturated heterocycles. The van der Waals surface area contributed by atoms with Crippen LogP contribution in [0, 0.1) is 0 Å². The van der Waals surface area contributed by atoms with E-state index in [1.165, 1.54) is 30.6 Å². The lowest BCUT2D eigenvalue weighted by Crippen LogP contribution is -2.16. The molecule has 1 aromatic heterocycles. The van der Waals surface area contributed by atoms with Gasteiger partial charge in [0.1, 0.15) is 27.5 Å². The van der Waals surface area contributed by atoms with Gasteiger partial charge in [0.2, 0.25) is 4.80 Å². The zero-order valence-corrected chi connectivity index (χ0v) is 17.3. The number of methoxy groups -OCH3 is 3. The van der Waals surface area contributed by atoms with Gasteiger partial charge in [-0.1, -0.05) is 17.4 Å². The minimum Gasteiger partial charge on any atom is -0.497 e. The van der Waals surface area contributed by atoms with Crippen molar-refractivity contribution in [2.24, 2.45) is 4.40 Å². The molecule has 3 rings (SSSR count). The monoisotopic (exact) mass is 420 g/mol. The molecule has 3 aromatic rings. The van der Waals surface area contributed by atoms with Gasteiger partial charge in [-0.3, -0.25) is 0 Å². The molecular formula is C19H20N2O5S2. The Balaban J connectivity index is 2.28. The lowest BCUT2D eigenvalue weighted by molar-refractivity contribution is 0.409. The van der Waals surface area contributed by atoms with Crippen LogP contribution in [0.1, 0.15) is 0 Å². The van der Waals surface area contributed by atoms with E-state index in [2.05, 4.69) is 11.0 Å². The van der Waals surface area contributed by atoms with E-state index in [4.69, 9.17) is 14.2 Å². The molecule has 0 N–H and O–H groups in total. The molecule has 0 amide bonds. The number of sulfonamides is 1. The number of nitrogens with zero attached hydrogens (tertiary/aromatic N) is 2. The molecule has 0 aliphatic rings. The van der Waals surface area contributed by atoms with Crippen LogP contribution in [0.5, 0.6) is 17.2 Å². The molecule has 0 fully saturated rings. The van der Waals surface area contributed by atoms with Crippen LogP contribution in [-0.2, 0) is 16.6 Å². The Labute approximate surface area is 167 Å². The van der Waals surface area contributed by atoms with Gasteiger partial charge in [-0.05, 0) is 36.4 Å². The minimum atomic E-state index is -3.92. The van der Waals surface area contributed by atoms with Crippen LogP contribution >= 0.6 is 11.3 Å². The van der Waals surface area contributed by atoms with Crippen LogP contribution < -0.4 is 19.0 Å². The third kappa shape index (κ3) is 3.63. The lowest BCUT2D eigenvalue weighted by atomic mass is 10.3. The number of rotatable bonds is 7. The number of thiazole rings is 1. The highest BCUT2D eigenvalue weighted by atomic mass is 32.2. The summed E-state index contributed by atoms with van der Waals surface area (Å²) < 4.78 is 48.2. The van der Waals surface area contributed by atoms with Crippen LogP contribution in [0.4, 0.5) is 0 Å². The van der Waals surface area contributed by atoms with Gasteiger partial charge in [0.15, 0.2) is 0 Å². The molecule has 0 aliphatic heterocycles. The number of fused-ring (bicyclic) bond motifs is 1. The van der Waals surface area contributed by atoms with E-state index in [1.807, 2.05) is 0 Å². The topological polar surface area (TPSA) is 79.1 Å². The Morgan fingerprint density at radius 1 is 1.04 bits per heavy atom. The molecule has 1 heterocycles. The van der Waals surface area contributed by atoms with E-state index in [1.54, 1.807) is 49.1 Å². The van der Waals surface area contributed by atoms with E-state index >= 15 is 0 Å². The number of hydrogen-bond acceptors (Lipinski definition) is 6. The quantitative estimate of drug-likeness (QED) is 0.549.